The Kier molecular flexibility index (Phi) is 13.1. The molecule has 1 aromatic heterocycles. The van der Waals surface area contributed by atoms with Crippen molar-refractivity contribution in [2.45, 2.75) is 43.6 Å². The van der Waals surface area contributed by atoms with Gasteiger partial charge in [-0.05, 0) is 56.3 Å². The number of para-hydroxylation sites is 1. The summed E-state index contributed by atoms with van der Waals surface area (Å²) in [6, 6.07) is 16.2. The maximum absolute atomic E-state index is 13.1. The predicted octanol–water partition coefficient (Wildman–Crippen LogP) is 4.04. The molecule has 3 aromatic rings. The van der Waals surface area contributed by atoms with Gasteiger partial charge >= 0.3 is 24.3 Å². The lowest BCUT2D eigenvalue weighted by molar-refractivity contribution is -0.193. The molecule has 1 unspecified atom stereocenters. The van der Waals surface area contributed by atoms with Crippen molar-refractivity contribution in [1.29, 1.82) is 0 Å². The molecule has 4 rings (SSSR count). The van der Waals surface area contributed by atoms with Gasteiger partial charge in [0, 0.05) is 35.0 Å². The Labute approximate surface area is 263 Å². The maximum Gasteiger partial charge on any atom is 0.490 e. The van der Waals surface area contributed by atoms with Crippen LogP contribution < -0.4 is 15.5 Å². The molecule has 47 heavy (non-hydrogen) atoms. The Morgan fingerprint density at radius 2 is 1.53 bits per heavy atom. The number of rotatable bonds is 8. The fourth-order valence-electron chi connectivity index (χ4n) is 4.41. The SMILES string of the molecule is Cc1cc(COc2ccc(S(=O)(=O)CC3(CC(=O)NO)CCNC3)cc2)c2ccccc2n1.O=C(O)C(F)(F)F.O=C(O)C(F)(F)F. The Bertz CT molecular complexity index is 1630. The van der Waals surface area contributed by atoms with E-state index >= 15 is 0 Å². The van der Waals surface area contributed by atoms with Crippen LogP contribution in [0.4, 0.5) is 26.3 Å². The number of halogens is 6. The minimum absolute atomic E-state index is 0.0593. The maximum atomic E-state index is 13.1. The van der Waals surface area contributed by atoms with Gasteiger partial charge in [0.1, 0.15) is 12.4 Å². The van der Waals surface area contributed by atoms with Gasteiger partial charge in [-0.15, -0.1) is 0 Å². The molecule has 19 heteroatoms. The standard InChI is InChI=1S/C24H27N3O5S.2C2HF3O2/c1-17-12-18(21-4-2-3-5-22(21)26-17)14-32-19-6-8-20(9-7-19)33(30,31)16-24(10-11-25-15-24)13-23(28)27-29;2*3-2(4,5)1(6)7/h2-9,12,25,29H,10-11,13-16H2,1H3,(H,27,28);2*(H,6,7). The highest BCUT2D eigenvalue weighted by Gasteiger charge is 2.41. The van der Waals surface area contributed by atoms with Crippen LogP contribution in [0.25, 0.3) is 10.9 Å². The summed E-state index contributed by atoms with van der Waals surface area (Å²) in [6.07, 6.45) is -9.68. The fourth-order valence-corrected chi connectivity index (χ4v) is 6.28. The molecule has 0 aliphatic carbocycles. The van der Waals surface area contributed by atoms with Crippen LogP contribution in [0.1, 0.15) is 24.1 Å². The summed E-state index contributed by atoms with van der Waals surface area (Å²) in [5, 5.41) is 27.3. The number of carbonyl (C=O) groups excluding carboxylic acids is 1. The van der Waals surface area contributed by atoms with Gasteiger partial charge in [0.25, 0.3) is 0 Å². The molecule has 0 bridgehead atoms. The van der Waals surface area contributed by atoms with Crippen molar-refractivity contribution in [3.8, 4) is 5.75 Å². The van der Waals surface area contributed by atoms with Gasteiger partial charge in [-0.1, -0.05) is 18.2 Å². The second-order valence-electron chi connectivity index (χ2n) is 10.2. The smallest absolute Gasteiger partial charge is 0.489 e. The number of ether oxygens (including phenoxy) is 1. The highest BCUT2D eigenvalue weighted by Crippen LogP contribution is 2.34. The van der Waals surface area contributed by atoms with Crippen LogP contribution in [0, 0.1) is 12.3 Å². The summed E-state index contributed by atoms with van der Waals surface area (Å²) in [5.41, 5.74) is 3.67. The van der Waals surface area contributed by atoms with Gasteiger partial charge in [-0.3, -0.25) is 15.0 Å². The van der Waals surface area contributed by atoms with Crippen LogP contribution in [0.2, 0.25) is 0 Å². The van der Waals surface area contributed by atoms with E-state index in [9.17, 15) is 39.6 Å². The molecule has 258 valence electrons. The highest BCUT2D eigenvalue weighted by atomic mass is 32.2. The van der Waals surface area contributed by atoms with Crippen molar-refractivity contribution in [2.24, 2.45) is 5.41 Å². The van der Waals surface area contributed by atoms with E-state index < -0.39 is 45.5 Å². The van der Waals surface area contributed by atoms with Crippen LogP contribution in [0.5, 0.6) is 5.75 Å². The van der Waals surface area contributed by atoms with E-state index in [-0.39, 0.29) is 17.1 Å². The quantitative estimate of drug-likeness (QED) is 0.130. The molecular weight excluding hydrogens is 668 g/mol. The van der Waals surface area contributed by atoms with Crippen molar-refractivity contribution in [1.82, 2.24) is 15.8 Å². The normalized spacial score (nSPS) is 16.3. The number of aryl methyl sites for hydroxylation is 1. The van der Waals surface area contributed by atoms with E-state index in [1.54, 1.807) is 17.6 Å². The molecule has 1 atom stereocenters. The molecular formula is C28H29F6N3O9S. The number of fused-ring (bicyclic) bond motifs is 1. The molecule has 2 aromatic carbocycles. The van der Waals surface area contributed by atoms with Crippen LogP contribution in [0.3, 0.4) is 0 Å². The highest BCUT2D eigenvalue weighted by molar-refractivity contribution is 7.91. The minimum atomic E-state index is -5.08. The van der Waals surface area contributed by atoms with Crippen molar-refractivity contribution in [3.05, 3.63) is 65.9 Å². The minimum Gasteiger partial charge on any atom is -0.489 e. The molecule has 5 N–H and O–H groups in total. The van der Waals surface area contributed by atoms with Crippen LogP contribution >= 0.6 is 0 Å². The number of nitrogens with zero attached hydrogens (tertiary/aromatic N) is 1. The van der Waals surface area contributed by atoms with E-state index in [0.717, 1.165) is 22.2 Å². The van der Waals surface area contributed by atoms with Crippen molar-refractivity contribution in [2.75, 3.05) is 18.8 Å². The lowest BCUT2D eigenvalue weighted by atomic mass is 9.85. The van der Waals surface area contributed by atoms with E-state index in [0.29, 0.717) is 31.9 Å². The number of benzene rings is 2. The Morgan fingerprint density at radius 3 is 2.02 bits per heavy atom. The summed E-state index contributed by atoms with van der Waals surface area (Å²) >= 11 is 0. The number of hydrogen-bond donors (Lipinski definition) is 5. The first-order chi connectivity index (χ1) is 21.7. The molecule has 0 spiro atoms. The zero-order valence-corrected chi connectivity index (χ0v) is 25.2. The molecule has 1 fully saturated rings. The summed E-state index contributed by atoms with van der Waals surface area (Å²) in [5.74, 6) is -5.72. The number of alkyl halides is 6. The number of carboxylic acids is 2. The number of carboxylic acid groups (broad SMARTS) is 2. The molecule has 0 radical (unpaired) electrons. The largest absolute Gasteiger partial charge is 0.490 e. The van der Waals surface area contributed by atoms with Crippen LogP contribution in [-0.2, 0) is 30.8 Å². The Morgan fingerprint density at radius 1 is 0.979 bits per heavy atom. The molecule has 1 aliphatic rings. The average molecular weight is 698 g/mol. The molecule has 2 heterocycles. The lowest BCUT2D eigenvalue weighted by Gasteiger charge is -2.26. The molecule has 1 aliphatic heterocycles. The summed E-state index contributed by atoms with van der Waals surface area (Å²) in [6.45, 7) is 3.30. The van der Waals surface area contributed by atoms with E-state index in [1.165, 1.54) is 12.1 Å². The Hall–Kier alpha value is -4.49. The van der Waals surface area contributed by atoms with E-state index in [4.69, 9.17) is 29.7 Å². The second kappa shape index (κ2) is 15.9. The molecule has 0 saturated carbocycles. The van der Waals surface area contributed by atoms with Gasteiger partial charge in [-0.25, -0.2) is 23.5 Å². The molecule has 1 saturated heterocycles. The third-order valence-electron chi connectivity index (χ3n) is 6.48. The number of aliphatic carboxylic acids is 2. The number of aromatic nitrogens is 1. The van der Waals surface area contributed by atoms with Gasteiger partial charge in [0.2, 0.25) is 5.91 Å². The summed E-state index contributed by atoms with van der Waals surface area (Å²) < 4.78 is 95.5. The zero-order chi connectivity index (χ0) is 35.6. The number of sulfone groups is 1. The second-order valence-corrected chi connectivity index (χ2v) is 12.2. The number of carbonyl (C=O) groups is 3. The number of nitrogens with one attached hydrogen (secondary N) is 2. The number of hydrogen-bond acceptors (Lipinski definition) is 9. The van der Waals surface area contributed by atoms with Crippen molar-refractivity contribution in [3.63, 3.8) is 0 Å². The van der Waals surface area contributed by atoms with Crippen molar-refractivity contribution >= 4 is 38.6 Å². The first-order valence-corrected chi connectivity index (χ1v) is 14.9. The lowest BCUT2D eigenvalue weighted by Crippen LogP contribution is -2.37. The third-order valence-corrected chi connectivity index (χ3v) is 8.46. The number of hydroxylamine groups is 1. The van der Waals surface area contributed by atoms with Gasteiger partial charge in [0.05, 0.1) is 16.2 Å². The number of pyridine rings is 1. The van der Waals surface area contributed by atoms with E-state index in [2.05, 4.69) is 10.3 Å². The van der Waals surface area contributed by atoms with Crippen molar-refractivity contribution < 1.29 is 69.3 Å². The monoisotopic (exact) mass is 697 g/mol. The first-order valence-electron chi connectivity index (χ1n) is 13.2. The number of amides is 1. The summed E-state index contributed by atoms with van der Waals surface area (Å²) in [4.78, 5) is 34.2. The van der Waals surface area contributed by atoms with Gasteiger partial charge in [0.15, 0.2) is 9.84 Å². The topological polar surface area (TPSA) is 192 Å². The summed E-state index contributed by atoms with van der Waals surface area (Å²) in [7, 11) is -3.64. The zero-order valence-electron chi connectivity index (χ0n) is 24.4. The van der Waals surface area contributed by atoms with Crippen LogP contribution in [0.15, 0.2) is 59.5 Å². The fraction of sp³-hybridized carbons (Fsp3) is 0.357. The third kappa shape index (κ3) is 12.0. The van der Waals surface area contributed by atoms with Gasteiger partial charge in [-0.2, -0.15) is 26.3 Å². The molecule has 1 amide bonds. The predicted molar refractivity (Wildman–Crippen MR) is 151 cm³/mol. The van der Waals surface area contributed by atoms with Gasteiger partial charge < -0.3 is 20.3 Å². The molecule has 12 nitrogen and oxygen atoms in total. The average Bonchev–Trinajstić information content (AvgIpc) is 3.42. The Balaban J connectivity index is 0.000000459. The van der Waals surface area contributed by atoms with Crippen LogP contribution in [-0.4, -0.2) is 77.9 Å². The first kappa shape index (κ1) is 38.7. The van der Waals surface area contributed by atoms with E-state index in [1.807, 2.05) is 37.3 Å².